The van der Waals surface area contributed by atoms with Gasteiger partial charge in [0.25, 0.3) is 0 Å². The molecule has 0 heterocycles. The number of rotatable bonds is 0. The van der Waals surface area contributed by atoms with Crippen molar-refractivity contribution in [1.82, 2.24) is 3.22 Å². The Morgan fingerprint density at radius 2 is 2.00 bits per heavy atom. The standard InChI is InChI=1S/CH4IN3O/c2-5(4)1(3)6/h4H2,(H2,3,6). The van der Waals surface area contributed by atoms with Crippen molar-refractivity contribution in [2.75, 3.05) is 0 Å². The highest BCUT2D eigenvalue weighted by Crippen LogP contribution is 1.83. The first-order chi connectivity index (χ1) is 2.64. The molecule has 0 aromatic heterocycles. The maximum atomic E-state index is 9.71. The summed E-state index contributed by atoms with van der Waals surface area (Å²) in [6.07, 6.45) is 0. The molecule has 0 unspecified atom stereocenters. The van der Waals surface area contributed by atoms with Crippen molar-refractivity contribution >= 4 is 28.9 Å². The van der Waals surface area contributed by atoms with Crippen LogP contribution in [0.4, 0.5) is 4.79 Å². The monoisotopic (exact) mass is 201 g/mol. The third-order valence-corrected chi connectivity index (χ3v) is 0.686. The van der Waals surface area contributed by atoms with E-state index in [0.29, 0.717) is 0 Å². The largest absolute Gasteiger partial charge is 0.350 e. The molecule has 2 amide bonds. The number of hydrazine groups is 1. The summed E-state index contributed by atoms with van der Waals surface area (Å²) in [5.74, 6) is 4.78. The van der Waals surface area contributed by atoms with Gasteiger partial charge >= 0.3 is 6.03 Å². The van der Waals surface area contributed by atoms with Gasteiger partial charge in [0.15, 0.2) is 0 Å². The summed E-state index contributed by atoms with van der Waals surface area (Å²) < 4.78 is 0.776. The second kappa shape index (κ2) is 2.19. The predicted molar refractivity (Wildman–Crippen MR) is 29.6 cm³/mol. The lowest BCUT2D eigenvalue weighted by Gasteiger charge is -1.97. The number of halogens is 1. The highest BCUT2D eigenvalue weighted by molar-refractivity contribution is 14.1. The van der Waals surface area contributed by atoms with Crippen LogP contribution < -0.4 is 11.6 Å². The molecule has 0 rings (SSSR count). The van der Waals surface area contributed by atoms with Gasteiger partial charge in [-0.3, -0.25) is 0 Å². The van der Waals surface area contributed by atoms with Gasteiger partial charge in [-0.05, 0) is 0 Å². The van der Waals surface area contributed by atoms with E-state index in [9.17, 15) is 4.79 Å². The molecule has 0 aromatic rings. The molecular formula is CH4IN3O. The second-order valence-electron chi connectivity index (χ2n) is 0.649. The summed E-state index contributed by atoms with van der Waals surface area (Å²) in [6.45, 7) is 0. The maximum absolute atomic E-state index is 9.71. The zero-order valence-corrected chi connectivity index (χ0v) is 5.05. The van der Waals surface area contributed by atoms with E-state index in [4.69, 9.17) is 5.84 Å². The normalized spacial score (nSPS) is 7.67. The summed E-state index contributed by atoms with van der Waals surface area (Å²) in [6, 6.07) is -0.643. The van der Waals surface area contributed by atoms with E-state index >= 15 is 0 Å². The van der Waals surface area contributed by atoms with Crippen molar-refractivity contribution in [3.05, 3.63) is 0 Å². The summed E-state index contributed by atoms with van der Waals surface area (Å²) in [7, 11) is 0. The van der Waals surface area contributed by atoms with Crippen molar-refractivity contribution in [1.29, 1.82) is 0 Å². The van der Waals surface area contributed by atoms with Gasteiger partial charge in [0.2, 0.25) is 0 Å². The zero-order valence-electron chi connectivity index (χ0n) is 2.89. The molecule has 0 fully saturated rings. The molecule has 0 aliphatic heterocycles. The van der Waals surface area contributed by atoms with Crippen LogP contribution in [0.2, 0.25) is 0 Å². The van der Waals surface area contributed by atoms with Gasteiger partial charge in [-0.2, -0.15) is 3.22 Å². The van der Waals surface area contributed by atoms with Crippen molar-refractivity contribution in [3.63, 3.8) is 0 Å². The van der Waals surface area contributed by atoms with E-state index < -0.39 is 6.03 Å². The molecule has 0 aliphatic rings. The number of amides is 2. The van der Waals surface area contributed by atoms with Crippen LogP contribution in [0.5, 0.6) is 0 Å². The number of hydrogen-bond acceptors (Lipinski definition) is 2. The van der Waals surface area contributed by atoms with Gasteiger partial charge in [-0.15, -0.1) is 0 Å². The lowest BCUT2D eigenvalue weighted by molar-refractivity contribution is 0.238. The van der Waals surface area contributed by atoms with Crippen LogP contribution in [0.1, 0.15) is 0 Å². The number of primary amides is 1. The average molecular weight is 201 g/mol. The Morgan fingerprint density at radius 3 is 2.00 bits per heavy atom. The Balaban J connectivity index is 3.26. The van der Waals surface area contributed by atoms with Gasteiger partial charge < -0.3 is 5.73 Å². The SMILES string of the molecule is NC(=O)N(N)I. The minimum Gasteiger partial charge on any atom is -0.350 e. The first kappa shape index (κ1) is 5.96. The summed E-state index contributed by atoms with van der Waals surface area (Å²) in [5, 5.41) is 0. The first-order valence-electron chi connectivity index (χ1n) is 1.14. The molecule has 36 valence electrons. The zero-order chi connectivity index (χ0) is 5.15. The van der Waals surface area contributed by atoms with E-state index in [-0.39, 0.29) is 0 Å². The Labute approximate surface area is 48.9 Å². The van der Waals surface area contributed by atoms with Gasteiger partial charge in [-0.1, -0.05) is 0 Å². The molecule has 0 saturated carbocycles. The van der Waals surface area contributed by atoms with Crippen molar-refractivity contribution in [3.8, 4) is 0 Å². The molecule has 4 N–H and O–H groups in total. The van der Waals surface area contributed by atoms with E-state index in [1.807, 2.05) is 0 Å². The lowest BCUT2D eigenvalue weighted by Crippen LogP contribution is -2.32. The first-order valence-corrected chi connectivity index (χ1v) is 2.11. The minimum absolute atomic E-state index is 0.643. The average Bonchev–Trinajstić information content (AvgIpc) is 1.36. The summed E-state index contributed by atoms with van der Waals surface area (Å²) in [5.41, 5.74) is 4.59. The fourth-order valence-electron chi connectivity index (χ4n) is 0. The van der Waals surface area contributed by atoms with Crippen LogP contribution in [0.3, 0.4) is 0 Å². The number of hydrogen-bond donors (Lipinski definition) is 2. The topological polar surface area (TPSA) is 72.4 Å². The van der Waals surface area contributed by atoms with E-state index in [2.05, 4.69) is 5.73 Å². The minimum atomic E-state index is -0.643. The Hall–Kier alpha value is -0.0400. The highest BCUT2D eigenvalue weighted by Gasteiger charge is 1.92. The fourth-order valence-corrected chi connectivity index (χ4v) is 0. The number of nitrogens with two attached hydrogens (primary N) is 2. The third kappa shape index (κ3) is 2.21. The molecule has 4 nitrogen and oxygen atoms in total. The van der Waals surface area contributed by atoms with E-state index in [1.165, 1.54) is 0 Å². The number of carbonyl (C=O) groups is 1. The third-order valence-electron chi connectivity index (χ3n) is 0.211. The van der Waals surface area contributed by atoms with Crippen molar-refractivity contribution in [2.45, 2.75) is 0 Å². The molecule has 0 radical (unpaired) electrons. The maximum Gasteiger partial charge on any atom is 0.338 e. The van der Waals surface area contributed by atoms with E-state index in [0.717, 1.165) is 3.22 Å². The molecule has 5 heteroatoms. The van der Waals surface area contributed by atoms with Crippen LogP contribution in [0.15, 0.2) is 0 Å². The van der Waals surface area contributed by atoms with Crippen LogP contribution in [0, 0.1) is 0 Å². The molecular weight excluding hydrogens is 197 g/mol. The Morgan fingerprint density at radius 1 is 1.83 bits per heavy atom. The Kier molecular flexibility index (Phi) is 2.18. The van der Waals surface area contributed by atoms with Crippen LogP contribution in [-0.2, 0) is 0 Å². The molecule has 0 aliphatic carbocycles. The molecule has 6 heavy (non-hydrogen) atoms. The van der Waals surface area contributed by atoms with Gasteiger partial charge in [0.05, 0.1) is 22.9 Å². The predicted octanol–water partition coefficient (Wildman–Crippen LogP) is -0.409. The molecule has 0 aromatic carbocycles. The van der Waals surface area contributed by atoms with Crippen LogP contribution in [0.25, 0.3) is 0 Å². The van der Waals surface area contributed by atoms with Crippen LogP contribution in [-0.4, -0.2) is 9.25 Å². The Bertz CT molecular complexity index is 61.8. The van der Waals surface area contributed by atoms with Crippen LogP contribution >= 0.6 is 22.9 Å². The highest BCUT2D eigenvalue weighted by atomic mass is 127. The van der Waals surface area contributed by atoms with Crippen molar-refractivity contribution < 1.29 is 4.79 Å². The van der Waals surface area contributed by atoms with Crippen molar-refractivity contribution in [2.24, 2.45) is 11.6 Å². The van der Waals surface area contributed by atoms with Gasteiger partial charge in [-0.25, -0.2) is 10.6 Å². The number of nitrogens with zero attached hydrogens (tertiary/aromatic N) is 1. The van der Waals surface area contributed by atoms with Gasteiger partial charge in [0.1, 0.15) is 0 Å². The second-order valence-corrected chi connectivity index (χ2v) is 1.69. The smallest absolute Gasteiger partial charge is 0.338 e. The number of carbonyl (C=O) groups excluding carboxylic acids is 1. The number of urea groups is 1. The van der Waals surface area contributed by atoms with Gasteiger partial charge in [0, 0.05) is 0 Å². The van der Waals surface area contributed by atoms with E-state index in [1.54, 1.807) is 22.9 Å². The quantitative estimate of drug-likeness (QED) is 0.184. The summed E-state index contributed by atoms with van der Waals surface area (Å²) in [4.78, 5) is 9.71. The fraction of sp³-hybridized carbons (Fsp3) is 0. The molecule has 0 bridgehead atoms. The molecule has 0 atom stereocenters. The lowest BCUT2D eigenvalue weighted by atomic mass is 11.2. The molecule has 0 spiro atoms. The summed E-state index contributed by atoms with van der Waals surface area (Å²) >= 11 is 1.57. The molecule has 0 saturated heterocycles.